The molecule has 1 amide bonds. The first-order valence-electron chi connectivity index (χ1n) is 11.8. The number of rotatable bonds is 7. The van der Waals surface area contributed by atoms with Crippen molar-refractivity contribution >= 4 is 22.4 Å². The first-order chi connectivity index (χ1) is 17.2. The van der Waals surface area contributed by atoms with E-state index in [1.165, 1.54) is 11.3 Å². The summed E-state index contributed by atoms with van der Waals surface area (Å²) in [4.78, 5) is 21.4. The molecule has 2 fully saturated rings. The van der Waals surface area contributed by atoms with Crippen molar-refractivity contribution in [2.75, 3.05) is 45.5 Å². The molecule has 182 valence electrons. The molecule has 1 aromatic heterocycles. The van der Waals surface area contributed by atoms with Crippen LogP contribution < -0.4 is 19.5 Å². The lowest BCUT2D eigenvalue weighted by Crippen LogP contribution is -2.39. The van der Waals surface area contributed by atoms with Crippen LogP contribution in [0.2, 0.25) is 0 Å². The standard InChI is InChI=1S/C26H27N3O5S/c1-31-19-5-3-2-4-18(19)23(29-10-12-32-13-11-29)22-15-27-25(35-22)28-24(30)26(8-9-26)17-6-7-20-21(14-17)34-16-33-20/h2-7,14-15,23H,8-13,16H2,1H3,(H,27,28,30). The van der Waals surface area contributed by atoms with Gasteiger partial charge in [0.2, 0.25) is 12.7 Å². The molecule has 35 heavy (non-hydrogen) atoms. The molecule has 3 aromatic rings. The molecule has 2 aromatic carbocycles. The van der Waals surface area contributed by atoms with E-state index >= 15 is 0 Å². The third-order valence-electron chi connectivity index (χ3n) is 6.97. The third-order valence-corrected chi connectivity index (χ3v) is 7.93. The van der Waals surface area contributed by atoms with Crippen molar-refractivity contribution in [3.63, 3.8) is 0 Å². The molecule has 1 unspecified atom stereocenters. The van der Waals surface area contributed by atoms with E-state index in [-0.39, 0.29) is 18.7 Å². The average Bonchev–Trinajstić information content (AvgIpc) is 3.37. The van der Waals surface area contributed by atoms with E-state index in [1.807, 2.05) is 42.6 Å². The second-order valence-corrected chi connectivity index (χ2v) is 10.0. The molecular weight excluding hydrogens is 466 g/mol. The van der Waals surface area contributed by atoms with Crippen LogP contribution in [0.5, 0.6) is 17.2 Å². The van der Waals surface area contributed by atoms with E-state index in [1.54, 1.807) is 7.11 Å². The number of anilines is 1. The third kappa shape index (κ3) is 4.13. The number of carbonyl (C=O) groups is 1. The fourth-order valence-corrected chi connectivity index (χ4v) is 5.88. The number of amides is 1. The minimum absolute atomic E-state index is 0.0260. The van der Waals surface area contributed by atoms with E-state index in [0.29, 0.717) is 24.1 Å². The van der Waals surface area contributed by atoms with Gasteiger partial charge in [-0.2, -0.15) is 0 Å². The summed E-state index contributed by atoms with van der Waals surface area (Å²) in [6.07, 6.45) is 3.47. The van der Waals surface area contributed by atoms with Gasteiger partial charge in [0.15, 0.2) is 16.6 Å². The summed E-state index contributed by atoms with van der Waals surface area (Å²) in [5, 5.41) is 3.69. The lowest BCUT2D eigenvalue weighted by Gasteiger charge is -2.34. The molecule has 1 saturated carbocycles. The van der Waals surface area contributed by atoms with Gasteiger partial charge in [-0.25, -0.2) is 4.98 Å². The van der Waals surface area contributed by atoms with Crippen LogP contribution >= 0.6 is 11.3 Å². The number of para-hydroxylation sites is 1. The number of benzene rings is 2. The first-order valence-corrected chi connectivity index (χ1v) is 12.6. The number of fused-ring (bicyclic) bond motifs is 1. The normalized spacial score (nSPS) is 19.2. The molecule has 1 saturated heterocycles. The fraction of sp³-hybridized carbons (Fsp3) is 0.385. The Morgan fingerprint density at radius 1 is 1.14 bits per heavy atom. The topological polar surface area (TPSA) is 82.2 Å². The Kier molecular flexibility index (Phi) is 5.83. The highest BCUT2D eigenvalue weighted by atomic mass is 32.1. The Hall–Kier alpha value is -3.14. The molecule has 0 radical (unpaired) electrons. The highest BCUT2D eigenvalue weighted by Gasteiger charge is 2.52. The Morgan fingerprint density at radius 2 is 1.94 bits per heavy atom. The quantitative estimate of drug-likeness (QED) is 0.533. The fourth-order valence-electron chi connectivity index (χ4n) is 4.91. The predicted octanol–water partition coefficient (Wildman–Crippen LogP) is 3.97. The van der Waals surface area contributed by atoms with E-state index in [4.69, 9.17) is 18.9 Å². The Bertz CT molecular complexity index is 1240. The van der Waals surface area contributed by atoms with Gasteiger partial charge in [-0.05, 0) is 36.6 Å². The number of morpholine rings is 1. The van der Waals surface area contributed by atoms with Crippen LogP contribution in [0, 0.1) is 0 Å². The van der Waals surface area contributed by atoms with Gasteiger partial charge >= 0.3 is 0 Å². The zero-order chi connectivity index (χ0) is 23.8. The number of methoxy groups -OCH3 is 1. The van der Waals surface area contributed by atoms with Crippen LogP contribution in [0.3, 0.4) is 0 Å². The van der Waals surface area contributed by atoms with Crippen molar-refractivity contribution in [1.29, 1.82) is 0 Å². The highest BCUT2D eigenvalue weighted by Crippen LogP contribution is 2.51. The van der Waals surface area contributed by atoms with Crippen LogP contribution in [0.4, 0.5) is 5.13 Å². The maximum Gasteiger partial charge on any atom is 0.236 e. The number of thiazole rings is 1. The Labute approximate surface area is 207 Å². The minimum atomic E-state index is -0.543. The van der Waals surface area contributed by atoms with Gasteiger partial charge in [0.25, 0.3) is 0 Å². The number of ether oxygens (including phenoxy) is 4. The maximum atomic E-state index is 13.4. The molecule has 3 aliphatic rings. The van der Waals surface area contributed by atoms with Crippen LogP contribution in [0.15, 0.2) is 48.7 Å². The number of nitrogens with one attached hydrogen (secondary N) is 1. The van der Waals surface area contributed by atoms with Crippen molar-refractivity contribution < 1.29 is 23.7 Å². The van der Waals surface area contributed by atoms with Gasteiger partial charge < -0.3 is 24.3 Å². The smallest absolute Gasteiger partial charge is 0.236 e. The molecule has 0 spiro atoms. The van der Waals surface area contributed by atoms with Crippen molar-refractivity contribution in [3.05, 3.63) is 64.7 Å². The molecule has 1 atom stereocenters. The van der Waals surface area contributed by atoms with Gasteiger partial charge in [0.05, 0.1) is 31.8 Å². The van der Waals surface area contributed by atoms with E-state index in [9.17, 15) is 4.79 Å². The van der Waals surface area contributed by atoms with Crippen molar-refractivity contribution in [3.8, 4) is 17.2 Å². The van der Waals surface area contributed by atoms with Gasteiger partial charge in [-0.15, -0.1) is 0 Å². The molecule has 2 aliphatic heterocycles. The summed E-state index contributed by atoms with van der Waals surface area (Å²) >= 11 is 1.51. The molecule has 1 N–H and O–H groups in total. The van der Waals surface area contributed by atoms with E-state index in [2.05, 4.69) is 21.3 Å². The second-order valence-electron chi connectivity index (χ2n) is 8.96. The summed E-state index contributed by atoms with van der Waals surface area (Å²) in [6, 6.07) is 13.8. The predicted molar refractivity (Wildman–Crippen MR) is 131 cm³/mol. The summed E-state index contributed by atoms with van der Waals surface area (Å²) in [6.45, 7) is 3.22. The largest absolute Gasteiger partial charge is 0.496 e. The van der Waals surface area contributed by atoms with Gasteiger partial charge in [-0.1, -0.05) is 35.6 Å². The monoisotopic (exact) mass is 493 g/mol. The molecule has 9 heteroatoms. The van der Waals surface area contributed by atoms with Crippen LogP contribution in [0.25, 0.3) is 0 Å². The summed E-state index contributed by atoms with van der Waals surface area (Å²) in [7, 11) is 1.69. The van der Waals surface area contributed by atoms with E-state index < -0.39 is 5.41 Å². The van der Waals surface area contributed by atoms with Crippen molar-refractivity contribution in [1.82, 2.24) is 9.88 Å². The molecule has 3 heterocycles. The van der Waals surface area contributed by atoms with Crippen LogP contribution in [-0.2, 0) is 14.9 Å². The van der Waals surface area contributed by atoms with Crippen LogP contribution in [0.1, 0.15) is 34.9 Å². The maximum absolute atomic E-state index is 13.4. The Balaban J connectivity index is 1.25. The van der Waals surface area contributed by atoms with E-state index in [0.717, 1.165) is 53.4 Å². The van der Waals surface area contributed by atoms with Gasteiger partial charge in [0, 0.05) is 29.7 Å². The SMILES string of the molecule is COc1ccccc1C(c1cnc(NC(=O)C2(c3ccc4c(c3)OCO4)CC2)s1)N1CCOCC1. The molecule has 0 bridgehead atoms. The Morgan fingerprint density at radius 3 is 2.74 bits per heavy atom. The zero-order valence-electron chi connectivity index (χ0n) is 19.5. The summed E-state index contributed by atoms with van der Waals surface area (Å²) in [5.74, 6) is 2.23. The molecule has 1 aliphatic carbocycles. The lowest BCUT2D eigenvalue weighted by atomic mass is 9.94. The second kappa shape index (κ2) is 9.14. The first kappa shape index (κ1) is 22.3. The molecule has 8 nitrogen and oxygen atoms in total. The van der Waals surface area contributed by atoms with Gasteiger partial charge in [0.1, 0.15) is 5.75 Å². The number of aromatic nitrogens is 1. The summed E-state index contributed by atoms with van der Waals surface area (Å²) in [5.41, 5.74) is 1.49. The number of hydrogen-bond acceptors (Lipinski definition) is 8. The highest BCUT2D eigenvalue weighted by molar-refractivity contribution is 7.15. The van der Waals surface area contributed by atoms with Gasteiger partial charge in [-0.3, -0.25) is 9.69 Å². The van der Waals surface area contributed by atoms with Crippen molar-refractivity contribution in [2.45, 2.75) is 24.3 Å². The molecular formula is C26H27N3O5S. The average molecular weight is 494 g/mol. The zero-order valence-corrected chi connectivity index (χ0v) is 20.3. The van der Waals surface area contributed by atoms with Crippen molar-refractivity contribution in [2.24, 2.45) is 0 Å². The number of carbonyl (C=O) groups excluding carboxylic acids is 1. The minimum Gasteiger partial charge on any atom is -0.496 e. The van der Waals surface area contributed by atoms with Crippen LogP contribution in [-0.4, -0.2) is 56.0 Å². The molecule has 6 rings (SSSR count). The summed E-state index contributed by atoms with van der Waals surface area (Å²) < 4.78 is 22.2. The number of hydrogen-bond donors (Lipinski definition) is 1. The lowest BCUT2D eigenvalue weighted by molar-refractivity contribution is -0.118. The number of nitrogens with zero attached hydrogens (tertiary/aromatic N) is 2.